The Morgan fingerprint density at radius 3 is 1.31 bits per heavy atom. The van der Waals surface area contributed by atoms with Gasteiger partial charge in [0.1, 0.15) is 0 Å². The van der Waals surface area contributed by atoms with Crippen LogP contribution in [0.25, 0.3) is 0 Å². The zero-order valence-electron chi connectivity index (χ0n) is 10.9. The topological polar surface area (TPSA) is 80.9 Å². The lowest BCUT2D eigenvalue weighted by atomic mass is 9.98. The minimum Gasteiger partial charge on any atom is -0.396 e. The molecule has 0 saturated carbocycles. The number of aliphatic hydroxyl groups is 4. The zero-order chi connectivity index (χ0) is 13.1. The Labute approximate surface area is 98.9 Å². The summed E-state index contributed by atoms with van der Waals surface area (Å²) in [4.78, 5) is 0. The third-order valence-electron chi connectivity index (χ3n) is 2.37. The molecule has 0 aromatic carbocycles. The molecule has 4 N–H and O–H groups in total. The van der Waals surface area contributed by atoms with Crippen LogP contribution in [0.4, 0.5) is 0 Å². The van der Waals surface area contributed by atoms with E-state index in [1.54, 1.807) is 0 Å². The first-order valence-electron chi connectivity index (χ1n) is 5.89. The van der Waals surface area contributed by atoms with Crippen LogP contribution in [0.2, 0.25) is 0 Å². The van der Waals surface area contributed by atoms with Crippen LogP contribution in [0.5, 0.6) is 0 Å². The van der Waals surface area contributed by atoms with E-state index in [0.717, 1.165) is 0 Å². The van der Waals surface area contributed by atoms with Crippen molar-refractivity contribution in [3.8, 4) is 0 Å². The maximum Gasteiger partial charge on any atom is 0.0773 e. The molecule has 100 valence electrons. The fourth-order valence-corrected chi connectivity index (χ4v) is 1.10. The van der Waals surface area contributed by atoms with Crippen molar-refractivity contribution in [1.82, 2.24) is 0 Å². The van der Waals surface area contributed by atoms with Gasteiger partial charge in [0.2, 0.25) is 0 Å². The molecule has 1 unspecified atom stereocenters. The first-order valence-corrected chi connectivity index (χ1v) is 5.89. The third kappa shape index (κ3) is 11.9. The molecule has 0 saturated heterocycles. The Morgan fingerprint density at radius 1 is 0.812 bits per heavy atom. The van der Waals surface area contributed by atoms with E-state index in [1.807, 2.05) is 27.7 Å². The molecule has 0 amide bonds. The third-order valence-corrected chi connectivity index (χ3v) is 2.37. The van der Waals surface area contributed by atoms with E-state index >= 15 is 0 Å². The Morgan fingerprint density at radius 2 is 1.25 bits per heavy atom. The Hall–Kier alpha value is -0.160. The molecule has 0 fully saturated rings. The van der Waals surface area contributed by atoms with Gasteiger partial charge >= 0.3 is 0 Å². The van der Waals surface area contributed by atoms with E-state index in [9.17, 15) is 0 Å². The maximum atomic E-state index is 8.78. The van der Waals surface area contributed by atoms with Gasteiger partial charge in [-0.2, -0.15) is 0 Å². The van der Waals surface area contributed by atoms with Crippen LogP contribution < -0.4 is 0 Å². The van der Waals surface area contributed by atoms with Crippen molar-refractivity contribution in [3.63, 3.8) is 0 Å². The van der Waals surface area contributed by atoms with Crippen molar-refractivity contribution in [2.45, 2.75) is 40.2 Å². The summed E-state index contributed by atoms with van der Waals surface area (Å²) >= 11 is 0. The molecule has 16 heavy (non-hydrogen) atoms. The van der Waals surface area contributed by atoms with Gasteiger partial charge in [-0.1, -0.05) is 27.7 Å². The van der Waals surface area contributed by atoms with Gasteiger partial charge in [-0.05, 0) is 18.3 Å². The maximum absolute atomic E-state index is 8.78. The van der Waals surface area contributed by atoms with Gasteiger partial charge in [-0.3, -0.25) is 0 Å². The molecule has 1 atom stereocenters. The fraction of sp³-hybridized carbons (Fsp3) is 1.00. The second-order valence-corrected chi connectivity index (χ2v) is 4.84. The number of hydrogen-bond donors (Lipinski definition) is 4. The predicted molar refractivity (Wildman–Crippen MR) is 65.0 cm³/mol. The van der Waals surface area contributed by atoms with Gasteiger partial charge < -0.3 is 20.4 Å². The van der Waals surface area contributed by atoms with E-state index in [2.05, 4.69) is 0 Å². The van der Waals surface area contributed by atoms with Crippen LogP contribution in [0.3, 0.4) is 0 Å². The Balaban J connectivity index is 0. The van der Waals surface area contributed by atoms with Crippen LogP contribution in [0.15, 0.2) is 0 Å². The van der Waals surface area contributed by atoms with Gasteiger partial charge in [-0.25, -0.2) is 0 Å². The number of aliphatic hydroxyl groups excluding tert-OH is 4. The van der Waals surface area contributed by atoms with Crippen molar-refractivity contribution in [2.24, 2.45) is 17.8 Å². The lowest BCUT2D eigenvalue weighted by Gasteiger charge is -2.13. The van der Waals surface area contributed by atoms with Crippen molar-refractivity contribution in [3.05, 3.63) is 0 Å². The molecule has 0 aromatic heterocycles. The molecule has 0 aliphatic heterocycles. The summed E-state index contributed by atoms with van der Waals surface area (Å²) in [5.41, 5.74) is 0. The van der Waals surface area contributed by atoms with Crippen LogP contribution >= 0.6 is 0 Å². The second kappa shape index (κ2) is 11.3. The molecule has 0 aliphatic rings. The standard InChI is InChI=1S/2C6H14O2/c1-5(2)6(3-7)4-8;1-5(2)3-6(8)4-7/h2*5-8H,3-4H2,1-2H3. The lowest BCUT2D eigenvalue weighted by Crippen LogP contribution is -2.17. The molecule has 0 radical (unpaired) electrons. The molecule has 0 spiro atoms. The van der Waals surface area contributed by atoms with Crippen LogP contribution in [0, 0.1) is 17.8 Å². The number of hydrogen-bond acceptors (Lipinski definition) is 4. The molecule has 4 nitrogen and oxygen atoms in total. The molecule has 0 bridgehead atoms. The van der Waals surface area contributed by atoms with Crippen LogP contribution in [-0.4, -0.2) is 46.4 Å². The zero-order valence-corrected chi connectivity index (χ0v) is 10.9. The average Bonchev–Trinajstić information content (AvgIpc) is 2.19. The molecule has 0 rings (SSSR count). The van der Waals surface area contributed by atoms with Crippen LogP contribution in [0.1, 0.15) is 34.1 Å². The van der Waals surface area contributed by atoms with Crippen molar-refractivity contribution >= 4 is 0 Å². The highest BCUT2D eigenvalue weighted by Gasteiger charge is 2.08. The second-order valence-electron chi connectivity index (χ2n) is 4.84. The molecule has 4 heteroatoms. The summed E-state index contributed by atoms with van der Waals surface area (Å²) in [6, 6.07) is 0. The first kappa shape index (κ1) is 18.2. The summed E-state index contributed by atoms with van der Waals surface area (Å²) < 4.78 is 0. The first-order chi connectivity index (χ1) is 7.38. The van der Waals surface area contributed by atoms with Gasteiger partial charge in [0.05, 0.1) is 12.7 Å². The summed E-state index contributed by atoms with van der Waals surface area (Å²) in [6.07, 6.45) is 0.172. The highest BCUT2D eigenvalue weighted by atomic mass is 16.3. The van der Waals surface area contributed by atoms with Crippen molar-refractivity contribution < 1.29 is 20.4 Å². The monoisotopic (exact) mass is 236 g/mol. The minimum absolute atomic E-state index is 0.0648. The molecular weight excluding hydrogens is 208 g/mol. The fourth-order valence-electron chi connectivity index (χ4n) is 1.10. The molecule has 0 heterocycles. The SMILES string of the molecule is CC(C)C(CO)CO.CC(C)CC(O)CO. The largest absolute Gasteiger partial charge is 0.396 e. The smallest absolute Gasteiger partial charge is 0.0773 e. The quantitative estimate of drug-likeness (QED) is 0.545. The number of rotatable bonds is 6. The van der Waals surface area contributed by atoms with Crippen LogP contribution in [-0.2, 0) is 0 Å². The Kier molecular flexibility index (Phi) is 12.9. The van der Waals surface area contributed by atoms with E-state index in [4.69, 9.17) is 20.4 Å². The summed E-state index contributed by atoms with van der Waals surface area (Å²) in [7, 11) is 0. The normalized spacial score (nSPS) is 12.9. The molecule has 0 aliphatic carbocycles. The molecular formula is C12H28O4. The van der Waals surface area contributed by atoms with Crippen molar-refractivity contribution in [2.75, 3.05) is 19.8 Å². The van der Waals surface area contributed by atoms with E-state index in [0.29, 0.717) is 18.3 Å². The predicted octanol–water partition coefficient (Wildman–Crippen LogP) is 0.629. The van der Waals surface area contributed by atoms with E-state index in [-0.39, 0.29) is 25.7 Å². The van der Waals surface area contributed by atoms with Gasteiger partial charge in [0.15, 0.2) is 0 Å². The van der Waals surface area contributed by atoms with E-state index in [1.165, 1.54) is 0 Å². The lowest BCUT2D eigenvalue weighted by molar-refractivity contribution is 0.0782. The summed E-state index contributed by atoms with van der Waals surface area (Å²) in [5, 5.41) is 34.2. The van der Waals surface area contributed by atoms with E-state index < -0.39 is 6.10 Å². The molecule has 0 aromatic rings. The van der Waals surface area contributed by atoms with Gasteiger partial charge in [0.25, 0.3) is 0 Å². The summed E-state index contributed by atoms with van der Waals surface area (Å²) in [5.74, 6) is 0.914. The van der Waals surface area contributed by atoms with Gasteiger partial charge in [0, 0.05) is 19.1 Å². The minimum atomic E-state index is -0.519. The average molecular weight is 236 g/mol. The van der Waals surface area contributed by atoms with Gasteiger partial charge in [-0.15, -0.1) is 0 Å². The highest BCUT2D eigenvalue weighted by molar-refractivity contribution is 4.58. The highest BCUT2D eigenvalue weighted by Crippen LogP contribution is 2.07. The summed E-state index contributed by atoms with van der Waals surface area (Å²) in [6.45, 7) is 8.06. The Bertz CT molecular complexity index is 133. The van der Waals surface area contributed by atoms with Crippen molar-refractivity contribution in [1.29, 1.82) is 0 Å².